The van der Waals surface area contributed by atoms with Crippen LogP contribution in [0.3, 0.4) is 0 Å². The molecule has 1 heterocycles. The van der Waals surface area contributed by atoms with Crippen LogP contribution < -0.4 is 15.5 Å². The number of pyridine rings is 1. The van der Waals surface area contributed by atoms with Crippen molar-refractivity contribution in [3.63, 3.8) is 0 Å². The minimum absolute atomic E-state index is 0.0477. The largest absolute Gasteiger partial charge is 0.478 e. The number of carbonyl (C=O) groups excluding carboxylic acids is 2. The molecule has 2 atom stereocenters. The summed E-state index contributed by atoms with van der Waals surface area (Å²) in [7, 11) is 3.38. The minimum Gasteiger partial charge on any atom is -0.478 e. The van der Waals surface area contributed by atoms with E-state index >= 15 is 0 Å². The van der Waals surface area contributed by atoms with Crippen molar-refractivity contribution in [1.82, 2.24) is 10.3 Å². The molecule has 0 saturated carbocycles. The Bertz CT molecular complexity index is 1190. The molecule has 0 bridgehead atoms. The second-order valence-corrected chi connectivity index (χ2v) is 9.13. The number of amides is 1. The van der Waals surface area contributed by atoms with E-state index in [0.717, 1.165) is 18.4 Å². The summed E-state index contributed by atoms with van der Waals surface area (Å²) in [5.41, 5.74) is 1.64. The molecule has 3 N–H and O–H groups in total. The highest BCUT2D eigenvalue weighted by molar-refractivity contribution is 6.35. The summed E-state index contributed by atoms with van der Waals surface area (Å²) >= 11 is 11.4. The van der Waals surface area contributed by atoms with Gasteiger partial charge in [-0.2, -0.15) is 5.26 Å². The van der Waals surface area contributed by atoms with Gasteiger partial charge < -0.3 is 25.4 Å². The van der Waals surface area contributed by atoms with Crippen molar-refractivity contribution in [3.05, 3.63) is 75.9 Å². The van der Waals surface area contributed by atoms with Crippen molar-refractivity contribution in [2.24, 2.45) is 11.8 Å². The molecule has 0 aliphatic heterocycles. The number of nitriles is 1. The van der Waals surface area contributed by atoms with Gasteiger partial charge in [-0.15, -0.1) is 12.8 Å². The third-order valence-electron chi connectivity index (χ3n) is 5.38. The summed E-state index contributed by atoms with van der Waals surface area (Å²) in [6.45, 7) is 6.95. The predicted molar refractivity (Wildman–Crippen MR) is 172 cm³/mol. The Morgan fingerprint density at radius 1 is 1.17 bits per heavy atom. The summed E-state index contributed by atoms with van der Waals surface area (Å²) in [6, 6.07) is 10.6. The van der Waals surface area contributed by atoms with E-state index < -0.39 is 5.97 Å². The first-order valence-electron chi connectivity index (χ1n) is 12.9. The molecule has 11 heteroatoms. The van der Waals surface area contributed by atoms with Crippen LogP contribution in [0.25, 0.3) is 0 Å². The van der Waals surface area contributed by atoms with Crippen molar-refractivity contribution < 1.29 is 19.5 Å². The van der Waals surface area contributed by atoms with Crippen LogP contribution in [0, 0.1) is 36.0 Å². The van der Waals surface area contributed by atoms with Crippen molar-refractivity contribution in [1.29, 1.82) is 5.26 Å². The average molecular weight is 617 g/mol. The maximum atomic E-state index is 11.6. The number of hydrogen-bond donors (Lipinski definition) is 3. The number of nitrogens with zero attached hydrogens (tertiary/aromatic N) is 3. The number of anilines is 2. The number of aromatic nitrogens is 1. The van der Waals surface area contributed by atoms with Crippen molar-refractivity contribution >= 4 is 53.4 Å². The van der Waals surface area contributed by atoms with E-state index in [1.54, 1.807) is 25.3 Å². The second-order valence-electron chi connectivity index (χ2n) is 8.26. The zero-order valence-corrected chi connectivity index (χ0v) is 26.1. The Kier molecular flexibility index (Phi) is 23.2. The van der Waals surface area contributed by atoms with Gasteiger partial charge in [-0.1, -0.05) is 49.2 Å². The van der Waals surface area contributed by atoms with Gasteiger partial charge >= 0.3 is 5.97 Å². The minimum atomic E-state index is -1.02. The molecule has 42 heavy (non-hydrogen) atoms. The number of terminal acetylenes is 1. The summed E-state index contributed by atoms with van der Waals surface area (Å²) in [6.07, 6.45) is 17.1. The number of hydrogen-bond acceptors (Lipinski definition) is 7. The number of aldehydes is 1. The molecule has 0 saturated heterocycles. The molecule has 0 fully saturated rings. The lowest BCUT2D eigenvalue weighted by Gasteiger charge is -2.27. The molecule has 1 aromatic heterocycles. The lowest BCUT2D eigenvalue weighted by molar-refractivity contribution is -0.111. The smallest absolute Gasteiger partial charge is 0.337 e. The first-order chi connectivity index (χ1) is 20.1. The number of benzene rings is 1. The van der Waals surface area contributed by atoms with Crippen molar-refractivity contribution in [2.45, 2.75) is 27.2 Å². The van der Waals surface area contributed by atoms with Crippen LogP contribution >= 0.6 is 23.2 Å². The number of allylic oxidation sites excluding steroid dienone is 4. The average Bonchev–Trinajstić information content (AvgIpc) is 3.00. The summed E-state index contributed by atoms with van der Waals surface area (Å²) in [5, 5.41) is 24.5. The molecule has 1 aromatic carbocycles. The SMILES string of the molecule is C#C.CC/C=C(C#N)\C=C/[C@@H](C)C(C=O)CN(CC)c1ccc(C(=O)O)cn1.CNC=O.CNc1cc(Cl)cc(Cl)c1. The lowest BCUT2D eigenvalue weighted by atomic mass is 9.93. The number of carboxylic acids is 1. The van der Waals surface area contributed by atoms with Gasteiger partial charge in [-0.25, -0.2) is 9.78 Å². The maximum absolute atomic E-state index is 11.6. The van der Waals surface area contributed by atoms with Crippen LogP contribution in [-0.4, -0.2) is 55.9 Å². The number of carbonyl (C=O) groups is 3. The van der Waals surface area contributed by atoms with Gasteiger partial charge in [0, 0.05) is 60.6 Å². The topological polar surface area (TPSA) is 135 Å². The summed E-state index contributed by atoms with van der Waals surface area (Å²) in [5.74, 6) is -0.712. The third-order valence-corrected chi connectivity index (χ3v) is 5.82. The Morgan fingerprint density at radius 3 is 2.14 bits per heavy atom. The molecular formula is C31H39Cl2N5O4. The fourth-order valence-electron chi connectivity index (χ4n) is 3.14. The summed E-state index contributed by atoms with van der Waals surface area (Å²) in [4.78, 5) is 37.7. The molecule has 0 aliphatic carbocycles. The van der Waals surface area contributed by atoms with Gasteiger partial charge in [0.05, 0.1) is 11.6 Å². The molecule has 9 nitrogen and oxygen atoms in total. The molecule has 1 amide bonds. The first kappa shape index (κ1) is 39.8. The fraction of sp³-hybridized carbons (Fsp3) is 0.323. The second kappa shape index (κ2) is 24.5. The van der Waals surface area contributed by atoms with Gasteiger partial charge in [-0.3, -0.25) is 4.79 Å². The first-order valence-corrected chi connectivity index (χ1v) is 13.6. The highest BCUT2D eigenvalue weighted by atomic mass is 35.5. The van der Waals surface area contributed by atoms with E-state index in [0.29, 0.717) is 40.9 Å². The van der Waals surface area contributed by atoms with E-state index in [2.05, 4.69) is 34.5 Å². The lowest BCUT2D eigenvalue weighted by Crippen LogP contribution is -2.33. The number of nitrogens with one attached hydrogen (secondary N) is 2. The monoisotopic (exact) mass is 615 g/mol. The van der Waals surface area contributed by atoms with Crippen LogP contribution in [0.2, 0.25) is 10.0 Å². The van der Waals surface area contributed by atoms with Crippen LogP contribution in [0.5, 0.6) is 0 Å². The summed E-state index contributed by atoms with van der Waals surface area (Å²) < 4.78 is 0. The van der Waals surface area contributed by atoms with E-state index in [1.807, 2.05) is 57.0 Å². The van der Waals surface area contributed by atoms with E-state index in [1.165, 1.54) is 12.3 Å². The maximum Gasteiger partial charge on any atom is 0.337 e. The van der Waals surface area contributed by atoms with Crippen LogP contribution in [-0.2, 0) is 9.59 Å². The number of carboxylic acid groups (broad SMARTS) is 1. The van der Waals surface area contributed by atoms with Crippen molar-refractivity contribution in [3.8, 4) is 18.9 Å². The zero-order chi connectivity index (χ0) is 32.5. The molecule has 2 rings (SSSR count). The van der Waals surface area contributed by atoms with Crippen molar-refractivity contribution in [2.75, 3.05) is 37.4 Å². The quantitative estimate of drug-likeness (QED) is 0.112. The molecule has 0 radical (unpaired) electrons. The Hall–Kier alpha value is -4.31. The molecule has 0 spiro atoms. The van der Waals surface area contributed by atoms with Gasteiger partial charge in [-0.05, 0) is 55.7 Å². The number of rotatable bonds is 12. The van der Waals surface area contributed by atoms with Gasteiger partial charge in [0.25, 0.3) is 0 Å². The highest BCUT2D eigenvalue weighted by Gasteiger charge is 2.19. The zero-order valence-electron chi connectivity index (χ0n) is 24.6. The van der Waals surface area contributed by atoms with E-state index in [-0.39, 0.29) is 17.4 Å². The predicted octanol–water partition coefficient (Wildman–Crippen LogP) is 6.12. The standard InChI is InChI=1S/C20H25N3O3.C7H7Cl2N.C2H5NO.C2H2/c1-4-6-16(11-21)8-7-15(3)18(14-24)13-23(5-2)19-10-9-17(12-22-19)20(25)26;1-10-7-3-5(8)2-6(9)4-7;1-3-2-4;1-2/h6-10,12,14-15,18H,4-5,13H2,1-3H3,(H,25,26);2-4,10H,1H3;2H,1H3,(H,3,4);1-2H/b8-7-,16-6+;;;/t15-,18?;;;/m1.../s1. The Morgan fingerprint density at radius 2 is 1.76 bits per heavy atom. The van der Waals surface area contributed by atoms with Gasteiger partial charge in [0.1, 0.15) is 12.1 Å². The van der Waals surface area contributed by atoms with Crippen LogP contribution in [0.15, 0.2) is 60.3 Å². The Labute approximate surface area is 259 Å². The number of aromatic carboxylic acids is 1. The fourth-order valence-corrected chi connectivity index (χ4v) is 3.67. The van der Waals surface area contributed by atoms with Gasteiger partial charge in [0.15, 0.2) is 0 Å². The van der Waals surface area contributed by atoms with Crippen LogP contribution in [0.4, 0.5) is 11.5 Å². The molecule has 1 unspecified atom stereocenters. The Balaban J connectivity index is 0. The number of halogens is 2. The molecule has 0 aliphatic rings. The highest BCUT2D eigenvalue weighted by Crippen LogP contribution is 2.22. The third kappa shape index (κ3) is 16.7. The van der Waals surface area contributed by atoms with E-state index in [4.69, 9.17) is 38.4 Å². The molecule has 2 aromatic rings. The van der Waals surface area contributed by atoms with Crippen LogP contribution in [0.1, 0.15) is 37.6 Å². The molecular weight excluding hydrogens is 577 g/mol. The normalized spacial score (nSPS) is 11.4. The van der Waals surface area contributed by atoms with E-state index in [9.17, 15) is 9.59 Å². The van der Waals surface area contributed by atoms with Gasteiger partial charge in [0.2, 0.25) is 6.41 Å². The molecule has 226 valence electrons.